The highest BCUT2D eigenvalue weighted by atomic mass is 16.2. The second-order valence-electron chi connectivity index (χ2n) is 5.44. The van der Waals surface area contributed by atoms with E-state index in [1.807, 2.05) is 30.5 Å². The Kier molecular flexibility index (Phi) is 3.91. The largest absolute Gasteiger partial charge is 0.369 e. The fraction of sp³-hybridized carbons (Fsp3) is 0.312. The minimum atomic E-state index is -0.274. The Morgan fingerprint density at radius 2 is 1.86 bits per heavy atom. The smallest absolute Gasteiger partial charge is 0.256 e. The molecule has 1 saturated heterocycles. The lowest BCUT2D eigenvalue weighted by Crippen LogP contribution is -2.42. The number of piperidine rings is 1. The summed E-state index contributed by atoms with van der Waals surface area (Å²) in [6, 6.07) is 9.22. The van der Waals surface area contributed by atoms with Gasteiger partial charge in [0.05, 0.1) is 11.3 Å². The number of carbonyl (C=O) groups excluding carboxylic acids is 2. The molecule has 1 aromatic heterocycles. The number of carbonyl (C=O) groups is 2. The predicted octanol–water partition coefficient (Wildman–Crippen LogP) is 1.21. The summed E-state index contributed by atoms with van der Waals surface area (Å²) in [5, 5.41) is 4.19. The van der Waals surface area contributed by atoms with Crippen molar-refractivity contribution in [3.05, 3.63) is 48.3 Å². The Labute approximate surface area is 128 Å². The summed E-state index contributed by atoms with van der Waals surface area (Å²) in [5.74, 6) is -0.427. The van der Waals surface area contributed by atoms with E-state index >= 15 is 0 Å². The molecule has 1 aromatic carbocycles. The van der Waals surface area contributed by atoms with Crippen LogP contribution in [0.15, 0.2) is 42.7 Å². The maximum atomic E-state index is 12.8. The molecule has 2 heterocycles. The van der Waals surface area contributed by atoms with Crippen LogP contribution < -0.4 is 5.73 Å². The summed E-state index contributed by atoms with van der Waals surface area (Å²) in [6.07, 6.45) is 4.75. The highest BCUT2D eigenvalue weighted by molar-refractivity contribution is 5.97. The summed E-state index contributed by atoms with van der Waals surface area (Å²) in [6.45, 7) is 1.11. The normalized spacial score (nSPS) is 15.7. The molecule has 1 fully saturated rings. The van der Waals surface area contributed by atoms with E-state index < -0.39 is 0 Å². The molecule has 0 atom stereocenters. The average Bonchev–Trinajstić information content (AvgIpc) is 3.08. The van der Waals surface area contributed by atoms with Gasteiger partial charge in [0.15, 0.2) is 0 Å². The van der Waals surface area contributed by atoms with Crippen LogP contribution in [0, 0.1) is 5.92 Å². The number of primary amides is 1. The number of para-hydroxylation sites is 1. The first-order chi connectivity index (χ1) is 10.7. The number of hydrogen-bond donors (Lipinski definition) is 1. The Morgan fingerprint density at radius 1 is 1.14 bits per heavy atom. The number of likely N-dealkylation sites (tertiary alicyclic amines) is 1. The lowest BCUT2D eigenvalue weighted by atomic mass is 9.95. The van der Waals surface area contributed by atoms with Crippen molar-refractivity contribution >= 4 is 11.8 Å². The van der Waals surface area contributed by atoms with E-state index in [-0.39, 0.29) is 17.7 Å². The first-order valence-electron chi connectivity index (χ1n) is 7.34. The van der Waals surface area contributed by atoms with Crippen LogP contribution in [-0.2, 0) is 4.79 Å². The van der Waals surface area contributed by atoms with Crippen LogP contribution in [-0.4, -0.2) is 39.6 Å². The Morgan fingerprint density at radius 3 is 2.50 bits per heavy atom. The summed E-state index contributed by atoms with van der Waals surface area (Å²) < 4.78 is 1.68. The molecule has 3 rings (SSSR count). The van der Waals surface area contributed by atoms with Gasteiger partial charge in [0.1, 0.15) is 0 Å². The van der Waals surface area contributed by atoms with Crippen LogP contribution in [0.2, 0.25) is 0 Å². The van der Waals surface area contributed by atoms with Gasteiger partial charge in [0, 0.05) is 31.4 Å². The zero-order valence-electron chi connectivity index (χ0n) is 12.2. The maximum Gasteiger partial charge on any atom is 0.256 e. The summed E-state index contributed by atoms with van der Waals surface area (Å²) in [7, 11) is 0. The van der Waals surface area contributed by atoms with Crippen molar-refractivity contribution in [2.24, 2.45) is 11.7 Å². The Balaban J connectivity index is 1.81. The average molecular weight is 298 g/mol. The minimum absolute atomic E-state index is 0.0333. The van der Waals surface area contributed by atoms with E-state index in [1.54, 1.807) is 21.8 Å². The lowest BCUT2D eigenvalue weighted by Gasteiger charge is -2.31. The molecule has 0 unspecified atom stereocenters. The number of nitrogens with two attached hydrogens (primary N) is 1. The van der Waals surface area contributed by atoms with E-state index in [2.05, 4.69) is 5.10 Å². The van der Waals surface area contributed by atoms with Crippen LogP contribution >= 0.6 is 0 Å². The molecule has 6 nitrogen and oxygen atoms in total. The van der Waals surface area contributed by atoms with Crippen molar-refractivity contribution in [1.29, 1.82) is 0 Å². The highest BCUT2D eigenvalue weighted by Crippen LogP contribution is 2.21. The second-order valence-corrected chi connectivity index (χ2v) is 5.44. The van der Waals surface area contributed by atoms with Gasteiger partial charge in [-0.3, -0.25) is 9.59 Å². The van der Waals surface area contributed by atoms with Gasteiger partial charge < -0.3 is 10.6 Å². The molecular formula is C16H18N4O2. The van der Waals surface area contributed by atoms with E-state index in [1.165, 1.54) is 0 Å². The molecule has 1 aliphatic rings. The number of hydrogen-bond acceptors (Lipinski definition) is 3. The van der Waals surface area contributed by atoms with Crippen molar-refractivity contribution in [3.8, 4) is 5.69 Å². The van der Waals surface area contributed by atoms with E-state index in [0.29, 0.717) is 31.5 Å². The van der Waals surface area contributed by atoms with Crippen molar-refractivity contribution in [3.63, 3.8) is 0 Å². The third kappa shape index (κ3) is 2.72. The van der Waals surface area contributed by atoms with Gasteiger partial charge in [0.2, 0.25) is 5.91 Å². The van der Waals surface area contributed by atoms with Crippen molar-refractivity contribution in [1.82, 2.24) is 14.7 Å². The molecule has 22 heavy (non-hydrogen) atoms. The summed E-state index contributed by atoms with van der Waals surface area (Å²) >= 11 is 0. The topological polar surface area (TPSA) is 81.2 Å². The monoisotopic (exact) mass is 298 g/mol. The molecule has 2 N–H and O–H groups in total. The van der Waals surface area contributed by atoms with Gasteiger partial charge in [-0.25, -0.2) is 4.68 Å². The van der Waals surface area contributed by atoms with Gasteiger partial charge in [-0.15, -0.1) is 0 Å². The van der Waals surface area contributed by atoms with E-state index in [0.717, 1.165) is 5.69 Å². The van der Waals surface area contributed by atoms with Crippen LogP contribution in [0.5, 0.6) is 0 Å². The molecule has 0 saturated carbocycles. The van der Waals surface area contributed by atoms with Gasteiger partial charge >= 0.3 is 0 Å². The lowest BCUT2D eigenvalue weighted by molar-refractivity contribution is -0.123. The first-order valence-corrected chi connectivity index (χ1v) is 7.34. The molecule has 0 radical (unpaired) electrons. The van der Waals surface area contributed by atoms with E-state index in [4.69, 9.17) is 5.73 Å². The molecular weight excluding hydrogens is 280 g/mol. The van der Waals surface area contributed by atoms with Gasteiger partial charge in [-0.05, 0) is 31.0 Å². The Bertz CT molecular complexity index is 673. The number of aromatic nitrogens is 2. The SMILES string of the molecule is NC(=O)C1CCN(C(=O)c2ccccc2-n2cccn2)CC1. The highest BCUT2D eigenvalue weighted by Gasteiger charge is 2.27. The molecule has 114 valence electrons. The minimum Gasteiger partial charge on any atom is -0.369 e. The quantitative estimate of drug-likeness (QED) is 0.924. The molecule has 1 aliphatic heterocycles. The number of nitrogens with zero attached hydrogens (tertiary/aromatic N) is 3. The predicted molar refractivity (Wildman–Crippen MR) is 81.4 cm³/mol. The molecule has 6 heteroatoms. The summed E-state index contributed by atoms with van der Waals surface area (Å²) in [5.41, 5.74) is 6.71. The van der Waals surface area contributed by atoms with Gasteiger partial charge in [-0.1, -0.05) is 12.1 Å². The fourth-order valence-electron chi connectivity index (χ4n) is 2.80. The van der Waals surface area contributed by atoms with Gasteiger partial charge in [-0.2, -0.15) is 5.10 Å². The van der Waals surface area contributed by atoms with Gasteiger partial charge in [0.25, 0.3) is 5.91 Å². The van der Waals surface area contributed by atoms with Crippen molar-refractivity contribution < 1.29 is 9.59 Å². The summed E-state index contributed by atoms with van der Waals surface area (Å²) in [4.78, 5) is 25.8. The maximum absolute atomic E-state index is 12.8. The molecule has 2 amide bonds. The number of amides is 2. The van der Waals surface area contributed by atoms with Crippen LogP contribution in [0.3, 0.4) is 0 Å². The zero-order valence-corrected chi connectivity index (χ0v) is 12.2. The number of rotatable bonds is 3. The third-order valence-electron chi connectivity index (χ3n) is 4.07. The van der Waals surface area contributed by atoms with Crippen LogP contribution in [0.4, 0.5) is 0 Å². The standard InChI is InChI=1S/C16H18N4O2/c17-15(21)12-6-10-19(11-7-12)16(22)13-4-1-2-5-14(13)20-9-3-8-18-20/h1-5,8-9,12H,6-7,10-11H2,(H2,17,21). The first kappa shape index (κ1) is 14.3. The molecule has 2 aromatic rings. The zero-order chi connectivity index (χ0) is 15.5. The van der Waals surface area contributed by atoms with Crippen molar-refractivity contribution in [2.45, 2.75) is 12.8 Å². The number of benzene rings is 1. The molecule has 0 spiro atoms. The van der Waals surface area contributed by atoms with E-state index in [9.17, 15) is 9.59 Å². The Hall–Kier alpha value is -2.63. The third-order valence-corrected chi connectivity index (χ3v) is 4.07. The van der Waals surface area contributed by atoms with Crippen LogP contribution in [0.1, 0.15) is 23.2 Å². The fourth-order valence-corrected chi connectivity index (χ4v) is 2.80. The second kappa shape index (κ2) is 6.01. The van der Waals surface area contributed by atoms with Crippen LogP contribution in [0.25, 0.3) is 5.69 Å². The van der Waals surface area contributed by atoms with Crippen molar-refractivity contribution in [2.75, 3.05) is 13.1 Å². The molecule has 0 bridgehead atoms. The molecule has 0 aliphatic carbocycles.